The summed E-state index contributed by atoms with van der Waals surface area (Å²) in [7, 11) is 0. The Morgan fingerprint density at radius 3 is 2.74 bits per heavy atom. The summed E-state index contributed by atoms with van der Waals surface area (Å²) in [5.41, 5.74) is 0.552. The van der Waals surface area contributed by atoms with E-state index in [4.69, 9.17) is 11.6 Å². The van der Waals surface area contributed by atoms with Gasteiger partial charge in [-0.3, -0.25) is 9.59 Å². The van der Waals surface area contributed by atoms with E-state index in [-0.39, 0.29) is 11.9 Å². The number of amides is 2. The molecule has 9 heteroatoms. The number of nitrogens with one attached hydrogen (secondary N) is 1. The van der Waals surface area contributed by atoms with Crippen LogP contribution in [0.4, 0.5) is 0 Å². The third kappa shape index (κ3) is 4.13. The van der Waals surface area contributed by atoms with E-state index < -0.39 is 11.5 Å². The number of carbonyl (C=O) groups is 2. The van der Waals surface area contributed by atoms with Gasteiger partial charge in [0.1, 0.15) is 5.56 Å². The van der Waals surface area contributed by atoms with Crippen molar-refractivity contribution < 1.29 is 14.7 Å². The Morgan fingerprint density at radius 2 is 2.00 bits per heavy atom. The molecule has 31 heavy (non-hydrogen) atoms. The van der Waals surface area contributed by atoms with Gasteiger partial charge in [0.25, 0.3) is 11.8 Å². The van der Waals surface area contributed by atoms with Gasteiger partial charge in [-0.1, -0.05) is 23.7 Å². The minimum Gasteiger partial charge on any atom is -0.376 e. The van der Waals surface area contributed by atoms with Gasteiger partial charge in [0.15, 0.2) is 11.2 Å². The summed E-state index contributed by atoms with van der Waals surface area (Å²) < 4.78 is 1.62. The monoisotopic (exact) mass is 441 g/mol. The molecule has 162 valence electrons. The maximum atomic E-state index is 13.1. The van der Waals surface area contributed by atoms with Crippen LogP contribution in [-0.2, 0) is 10.4 Å². The molecule has 1 aromatic carbocycles. The summed E-state index contributed by atoms with van der Waals surface area (Å²) in [5, 5.41) is 18.7. The average Bonchev–Trinajstić information content (AvgIpc) is 3.19. The molecule has 4 rings (SSSR count). The van der Waals surface area contributed by atoms with E-state index in [0.29, 0.717) is 34.9 Å². The average molecular weight is 442 g/mol. The number of halogens is 1. The number of aliphatic hydroxyl groups is 1. The summed E-state index contributed by atoms with van der Waals surface area (Å²) in [6, 6.07) is 8.16. The lowest BCUT2D eigenvalue weighted by atomic mass is 9.93. The fourth-order valence-corrected chi connectivity index (χ4v) is 4.05. The molecule has 2 unspecified atom stereocenters. The van der Waals surface area contributed by atoms with Crippen LogP contribution in [0.2, 0.25) is 5.02 Å². The van der Waals surface area contributed by atoms with Gasteiger partial charge < -0.3 is 15.3 Å². The van der Waals surface area contributed by atoms with Crippen molar-refractivity contribution in [3.8, 4) is 0 Å². The van der Waals surface area contributed by atoms with Crippen LogP contribution >= 0.6 is 11.6 Å². The molecule has 1 fully saturated rings. The van der Waals surface area contributed by atoms with Crippen molar-refractivity contribution in [2.75, 3.05) is 13.1 Å². The zero-order chi connectivity index (χ0) is 22.2. The highest BCUT2D eigenvalue weighted by Gasteiger charge is 2.38. The van der Waals surface area contributed by atoms with E-state index >= 15 is 0 Å². The van der Waals surface area contributed by atoms with E-state index in [0.717, 1.165) is 18.5 Å². The Morgan fingerprint density at radius 1 is 1.26 bits per heavy atom. The van der Waals surface area contributed by atoms with Crippen molar-refractivity contribution in [3.63, 3.8) is 0 Å². The smallest absolute Gasteiger partial charge is 0.258 e. The number of carbonyl (C=O) groups excluding carboxylic acids is 2. The number of fused-ring (bicyclic) bond motifs is 1. The Bertz CT molecular complexity index is 1130. The highest BCUT2D eigenvalue weighted by atomic mass is 35.5. The number of benzene rings is 1. The van der Waals surface area contributed by atoms with Crippen LogP contribution in [0.15, 0.2) is 42.7 Å². The first kappa shape index (κ1) is 21.3. The lowest BCUT2D eigenvalue weighted by Gasteiger charge is -2.37. The molecule has 2 atom stereocenters. The van der Waals surface area contributed by atoms with Crippen LogP contribution in [0.25, 0.3) is 5.65 Å². The number of hydrogen-bond donors (Lipinski definition) is 2. The van der Waals surface area contributed by atoms with Crippen molar-refractivity contribution in [3.05, 3.63) is 64.6 Å². The third-order valence-electron chi connectivity index (χ3n) is 5.70. The molecular formula is C22H24ClN5O3. The third-order valence-corrected chi connectivity index (χ3v) is 5.95. The summed E-state index contributed by atoms with van der Waals surface area (Å²) in [6.07, 6.45) is 4.61. The highest BCUT2D eigenvalue weighted by Crippen LogP contribution is 2.26. The number of likely N-dealkylation sites (tertiary alicyclic amines) is 1. The minimum atomic E-state index is -1.68. The molecule has 1 aliphatic rings. The first-order valence-electron chi connectivity index (χ1n) is 10.2. The molecule has 0 bridgehead atoms. The zero-order valence-electron chi connectivity index (χ0n) is 17.4. The summed E-state index contributed by atoms with van der Waals surface area (Å²) in [4.78, 5) is 31.8. The Hall–Kier alpha value is -2.97. The second kappa shape index (κ2) is 8.28. The van der Waals surface area contributed by atoms with Gasteiger partial charge in [-0.15, -0.1) is 0 Å². The van der Waals surface area contributed by atoms with Crippen molar-refractivity contribution in [2.45, 2.75) is 38.3 Å². The highest BCUT2D eigenvalue weighted by molar-refractivity contribution is 6.30. The predicted octanol–water partition coefficient (Wildman–Crippen LogP) is 2.32. The number of rotatable bonds is 4. The largest absolute Gasteiger partial charge is 0.376 e. The Balaban J connectivity index is 1.46. The van der Waals surface area contributed by atoms with Crippen molar-refractivity contribution in [2.24, 2.45) is 0 Å². The molecule has 2 amide bonds. The molecule has 1 aliphatic heterocycles. The van der Waals surface area contributed by atoms with Crippen molar-refractivity contribution in [1.29, 1.82) is 0 Å². The maximum Gasteiger partial charge on any atom is 0.258 e. The van der Waals surface area contributed by atoms with E-state index in [1.165, 1.54) is 13.1 Å². The Labute approximate surface area is 184 Å². The zero-order valence-corrected chi connectivity index (χ0v) is 18.1. The summed E-state index contributed by atoms with van der Waals surface area (Å²) in [5.74, 6) is -0.682. The quantitative estimate of drug-likeness (QED) is 0.647. The molecule has 3 aromatic rings. The van der Waals surface area contributed by atoms with Crippen LogP contribution < -0.4 is 5.32 Å². The molecule has 0 saturated carbocycles. The lowest BCUT2D eigenvalue weighted by Crippen LogP contribution is -2.54. The topological polar surface area (TPSA) is 99.8 Å². The van der Waals surface area contributed by atoms with Gasteiger partial charge in [-0.25, -0.2) is 9.50 Å². The van der Waals surface area contributed by atoms with E-state index in [1.807, 2.05) is 13.0 Å². The van der Waals surface area contributed by atoms with E-state index in [9.17, 15) is 14.7 Å². The maximum absolute atomic E-state index is 13.1. The second-order valence-corrected chi connectivity index (χ2v) is 8.46. The molecule has 3 heterocycles. The van der Waals surface area contributed by atoms with Gasteiger partial charge >= 0.3 is 0 Å². The second-order valence-electron chi connectivity index (χ2n) is 8.02. The van der Waals surface area contributed by atoms with Crippen LogP contribution in [0.1, 0.15) is 41.4 Å². The number of nitrogens with zero attached hydrogens (tertiary/aromatic N) is 4. The summed E-state index contributed by atoms with van der Waals surface area (Å²) >= 11 is 5.92. The SMILES string of the molecule is Cc1ccnc2c(C(=O)NC3CCCN(C(=O)C(C)(O)c4ccc(Cl)cc4)C3)cnn12. The molecule has 2 N–H and O–H groups in total. The Kier molecular flexibility index (Phi) is 5.68. The molecule has 0 spiro atoms. The molecule has 8 nitrogen and oxygen atoms in total. The first-order valence-corrected chi connectivity index (χ1v) is 10.5. The van der Waals surface area contributed by atoms with Crippen molar-refractivity contribution >= 4 is 29.1 Å². The fraction of sp³-hybridized carbons (Fsp3) is 0.364. The summed E-state index contributed by atoms with van der Waals surface area (Å²) in [6.45, 7) is 4.21. The molecule has 0 radical (unpaired) electrons. The van der Waals surface area contributed by atoms with Crippen LogP contribution in [0, 0.1) is 6.92 Å². The first-order chi connectivity index (χ1) is 14.8. The van der Waals surface area contributed by atoms with Gasteiger partial charge in [0.05, 0.1) is 6.20 Å². The number of aromatic nitrogens is 3. The number of piperidine rings is 1. The number of hydrogen-bond acceptors (Lipinski definition) is 5. The van der Waals surface area contributed by atoms with E-state index in [1.54, 1.807) is 39.9 Å². The number of aryl methyl sites for hydroxylation is 1. The van der Waals surface area contributed by atoms with Crippen LogP contribution in [-0.4, -0.2) is 55.6 Å². The molecule has 1 saturated heterocycles. The van der Waals surface area contributed by atoms with Gasteiger partial charge in [0, 0.05) is 36.0 Å². The van der Waals surface area contributed by atoms with Gasteiger partial charge in [0.2, 0.25) is 0 Å². The standard InChI is InChI=1S/C22H24ClN5O3/c1-14-9-10-24-19-18(12-25-28(14)19)20(29)26-17-4-3-11-27(13-17)21(30)22(2,31)15-5-7-16(23)8-6-15/h5-10,12,17,31H,3-4,11,13H2,1-2H3,(H,26,29). The normalized spacial score (nSPS) is 18.6. The van der Waals surface area contributed by atoms with Crippen molar-refractivity contribution in [1.82, 2.24) is 24.8 Å². The minimum absolute atomic E-state index is 0.231. The van der Waals surface area contributed by atoms with Gasteiger partial charge in [-0.2, -0.15) is 5.10 Å². The van der Waals surface area contributed by atoms with E-state index in [2.05, 4.69) is 15.4 Å². The lowest BCUT2D eigenvalue weighted by molar-refractivity contribution is -0.152. The van der Waals surface area contributed by atoms with Crippen LogP contribution in [0.5, 0.6) is 0 Å². The van der Waals surface area contributed by atoms with Gasteiger partial charge in [-0.05, 0) is 50.5 Å². The molecular weight excluding hydrogens is 418 g/mol. The molecule has 2 aromatic heterocycles. The predicted molar refractivity (Wildman–Crippen MR) is 116 cm³/mol. The molecule has 0 aliphatic carbocycles. The van der Waals surface area contributed by atoms with Crippen LogP contribution in [0.3, 0.4) is 0 Å². The fourth-order valence-electron chi connectivity index (χ4n) is 3.92.